The summed E-state index contributed by atoms with van der Waals surface area (Å²) in [6, 6.07) is 4.06. The van der Waals surface area contributed by atoms with Crippen molar-refractivity contribution in [3.05, 3.63) is 38.3 Å². The van der Waals surface area contributed by atoms with Gasteiger partial charge in [-0.15, -0.1) is 11.3 Å². The van der Waals surface area contributed by atoms with E-state index in [0.29, 0.717) is 0 Å². The third kappa shape index (κ3) is 2.61. The minimum absolute atomic E-state index is 0.0842. The predicted molar refractivity (Wildman–Crippen MR) is 75.3 cm³/mol. The molecule has 0 saturated carbocycles. The molecule has 1 atom stereocenters. The zero-order valence-corrected chi connectivity index (χ0v) is 12.4. The molecule has 0 fully saturated rings. The lowest BCUT2D eigenvalue weighted by molar-refractivity contribution is 0.561. The predicted octanol–water partition coefficient (Wildman–Crippen LogP) is 3.47. The first kappa shape index (κ1) is 12.8. The molecule has 0 radical (unpaired) electrons. The maximum absolute atomic E-state index is 6.30. The Kier molecular flexibility index (Phi) is 4.01. The Morgan fingerprint density at radius 2 is 2.35 bits per heavy atom. The van der Waals surface area contributed by atoms with E-state index in [1.807, 2.05) is 16.9 Å². The first-order valence-electron chi connectivity index (χ1n) is 5.66. The van der Waals surface area contributed by atoms with Crippen LogP contribution in [0.4, 0.5) is 0 Å². The van der Waals surface area contributed by atoms with Crippen LogP contribution in [-0.2, 0) is 6.54 Å². The molecule has 0 amide bonds. The maximum atomic E-state index is 6.30. The molecule has 0 aliphatic carbocycles. The van der Waals surface area contributed by atoms with E-state index in [1.165, 1.54) is 10.4 Å². The fourth-order valence-corrected chi connectivity index (χ4v) is 3.37. The van der Waals surface area contributed by atoms with E-state index < -0.39 is 0 Å². The quantitative estimate of drug-likeness (QED) is 0.939. The van der Waals surface area contributed by atoms with Crippen LogP contribution >= 0.6 is 27.3 Å². The molecule has 0 aliphatic rings. The lowest BCUT2D eigenvalue weighted by atomic mass is 10.1. The molecule has 0 aliphatic heterocycles. The number of hydrogen-bond donors (Lipinski definition) is 1. The second-order valence-electron chi connectivity index (χ2n) is 4.06. The van der Waals surface area contributed by atoms with Crippen molar-refractivity contribution < 1.29 is 0 Å². The van der Waals surface area contributed by atoms with Gasteiger partial charge >= 0.3 is 0 Å². The number of halogens is 1. The third-order valence-corrected chi connectivity index (χ3v) is 4.91. The summed E-state index contributed by atoms with van der Waals surface area (Å²) in [5, 5.41) is 4.31. The molecule has 5 heteroatoms. The lowest BCUT2D eigenvalue weighted by Crippen LogP contribution is -2.16. The van der Waals surface area contributed by atoms with E-state index in [-0.39, 0.29) is 6.04 Å². The molecule has 2 rings (SSSR count). The monoisotopic (exact) mass is 313 g/mol. The highest BCUT2D eigenvalue weighted by Crippen LogP contribution is 2.33. The summed E-state index contributed by atoms with van der Waals surface area (Å²) in [7, 11) is 0. The number of thiophene rings is 1. The molecule has 2 heterocycles. The average Bonchev–Trinajstić information content (AvgIpc) is 2.87. The molecule has 92 valence electrons. The van der Waals surface area contributed by atoms with Gasteiger partial charge in [0, 0.05) is 17.6 Å². The summed E-state index contributed by atoms with van der Waals surface area (Å²) >= 11 is 5.24. The highest BCUT2D eigenvalue weighted by Gasteiger charge is 2.16. The normalized spacial score (nSPS) is 12.9. The standard InChI is InChI=1S/C12H16BrN3S/c1-3-6-16-9(4-5-15-16)11(14)10-7-8(2)12(13)17-10/h4-5,7,11H,3,6,14H2,1-2H3. The van der Waals surface area contributed by atoms with Crippen LogP contribution < -0.4 is 5.73 Å². The van der Waals surface area contributed by atoms with Crippen molar-refractivity contribution in [3.63, 3.8) is 0 Å². The van der Waals surface area contributed by atoms with Gasteiger partial charge in [-0.25, -0.2) is 0 Å². The molecule has 0 bridgehead atoms. The van der Waals surface area contributed by atoms with Gasteiger partial charge in [0.2, 0.25) is 0 Å². The number of rotatable bonds is 4. The minimum atomic E-state index is -0.0842. The van der Waals surface area contributed by atoms with Crippen molar-refractivity contribution in [2.45, 2.75) is 32.9 Å². The van der Waals surface area contributed by atoms with E-state index in [9.17, 15) is 0 Å². The summed E-state index contributed by atoms with van der Waals surface area (Å²) in [5.74, 6) is 0. The van der Waals surface area contributed by atoms with Gasteiger partial charge in [-0.2, -0.15) is 5.10 Å². The van der Waals surface area contributed by atoms with Crippen LogP contribution in [0.2, 0.25) is 0 Å². The van der Waals surface area contributed by atoms with E-state index >= 15 is 0 Å². The first-order valence-corrected chi connectivity index (χ1v) is 7.27. The largest absolute Gasteiger partial charge is 0.318 e. The van der Waals surface area contributed by atoms with Crippen molar-refractivity contribution in [1.29, 1.82) is 0 Å². The molecule has 2 aromatic rings. The van der Waals surface area contributed by atoms with E-state index in [0.717, 1.165) is 22.4 Å². The fraction of sp³-hybridized carbons (Fsp3) is 0.417. The van der Waals surface area contributed by atoms with E-state index in [4.69, 9.17) is 5.73 Å². The zero-order chi connectivity index (χ0) is 12.4. The molecular formula is C12H16BrN3S. The number of hydrogen-bond acceptors (Lipinski definition) is 3. The van der Waals surface area contributed by atoms with Gasteiger partial charge in [0.15, 0.2) is 0 Å². The van der Waals surface area contributed by atoms with Crippen molar-refractivity contribution in [2.24, 2.45) is 5.73 Å². The number of aromatic nitrogens is 2. The second-order valence-corrected chi connectivity index (χ2v) is 6.46. The molecule has 3 nitrogen and oxygen atoms in total. The third-order valence-electron chi connectivity index (χ3n) is 2.69. The van der Waals surface area contributed by atoms with Gasteiger partial charge in [0.25, 0.3) is 0 Å². The highest BCUT2D eigenvalue weighted by atomic mass is 79.9. The van der Waals surface area contributed by atoms with Crippen LogP contribution in [0.15, 0.2) is 22.1 Å². The molecular weight excluding hydrogens is 298 g/mol. The van der Waals surface area contributed by atoms with Crippen LogP contribution in [0.25, 0.3) is 0 Å². The Labute approximate surface area is 114 Å². The summed E-state index contributed by atoms with van der Waals surface area (Å²) in [5.41, 5.74) is 8.62. The van der Waals surface area contributed by atoms with Gasteiger partial charge in [-0.05, 0) is 47.0 Å². The number of nitrogens with two attached hydrogens (primary N) is 1. The zero-order valence-electron chi connectivity index (χ0n) is 9.98. The minimum Gasteiger partial charge on any atom is -0.318 e. The van der Waals surface area contributed by atoms with Crippen LogP contribution in [0.1, 0.15) is 35.5 Å². The Bertz CT molecular complexity index is 484. The van der Waals surface area contributed by atoms with Crippen molar-refractivity contribution >= 4 is 27.3 Å². The maximum Gasteiger partial charge on any atom is 0.0817 e. The molecule has 1 unspecified atom stereocenters. The average molecular weight is 314 g/mol. The molecule has 0 spiro atoms. The van der Waals surface area contributed by atoms with Crippen molar-refractivity contribution in [1.82, 2.24) is 9.78 Å². The van der Waals surface area contributed by atoms with Gasteiger partial charge in [-0.3, -0.25) is 4.68 Å². The summed E-state index contributed by atoms with van der Waals surface area (Å²) in [6.45, 7) is 5.14. The Hall–Kier alpha value is -0.650. The van der Waals surface area contributed by atoms with Crippen LogP contribution in [0, 0.1) is 6.92 Å². The Morgan fingerprint density at radius 3 is 2.94 bits per heavy atom. The van der Waals surface area contributed by atoms with Crippen LogP contribution in [0.5, 0.6) is 0 Å². The van der Waals surface area contributed by atoms with Gasteiger partial charge in [-0.1, -0.05) is 6.92 Å². The summed E-state index contributed by atoms with van der Waals surface area (Å²) in [6.07, 6.45) is 2.88. The van der Waals surface area contributed by atoms with E-state index in [2.05, 4.69) is 40.9 Å². The second kappa shape index (κ2) is 5.33. The van der Waals surface area contributed by atoms with Gasteiger partial charge in [0.05, 0.1) is 15.5 Å². The SMILES string of the molecule is CCCn1nccc1C(N)c1cc(C)c(Br)s1. The lowest BCUT2D eigenvalue weighted by Gasteiger charge is -2.12. The molecule has 2 N–H and O–H groups in total. The Morgan fingerprint density at radius 1 is 1.59 bits per heavy atom. The summed E-state index contributed by atoms with van der Waals surface area (Å²) in [4.78, 5) is 1.17. The molecule has 2 aromatic heterocycles. The van der Waals surface area contributed by atoms with E-state index in [1.54, 1.807) is 11.3 Å². The van der Waals surface area contributed by atoms with Gasteiger partial charge in [0.1, 0.15) is 0 Å². The van der Waals surface area contributed by atoms with Crippen LogP contribution in [0.3, 0.4) is 0 Å². The molecule has 17 heavy (non-hydrogen) atoms. The van der Waals surface area contributed by atoms with Gasteiger partial charge < -0.3 is 5.73 Å². The molecule has 0 saturated heterocycles. The van der Waals surface area contributed by atoms with Crippen molar-refractivity contribution in [2.75, 3.05) is 0 Å². The summed E-state index contributed by atoms with van der Waals surface area (Å²) < 4.78 is 3.15. The van der Waals surface area contributed by atoms with Crippen LogP contribution in [-0.4, -0.2) is 9.78 Å². The number of nitrogens with zero attached hydrogens (tertiary/aromatic N) is 2. The number of aryl methyl sites for hydroxylation is 2. The topological polar surface area (TPSA) is 43.8 Å². The highest BCUT2D eigenvalue weighted by molar-refractivity contribution is 9.11. The fourth-order valence-electron chi connectivity index (χ4n) is 1.79. The first-order chi connectivity index (χ1) is 8.13. The van der Waals surface area contributed by atoms with Crippen molar-refractivity contribution in [3.8, 4) is 0 Å². The smallest absolute Gasteiger partial charge is 0.0817 e. The molecule has 0 aromatic carbocycles. The Balaban J connectivity index is 2.29.